The van der Waals surface area contributed by atoms with Gasteiger partial charge >= 0.3 is 0 Å². The van der Waals surface area contributed by atoms with Crippen molar-refractivity contribution in [1.82, 2.24) is 4.98 Å². The Hall–Kier alpha value is -3.92. The van der Waals surface area contributed by atoms with Gasteiger partial charge in [0, 0.05) is 11.4 Å². The molecule has 1 aromatic heterocycles. The Labute approximate surface area is 188 Å². The van der Waals surface area contributed by atoms with Crippen LogP contribution in [0.2, 0.25) is 0 Å². The number of nitrogens with zero attached hydrogens (tertiary/aromatic N) is 2. The molecule has 0 bridgehead atoms. The molecule has 1 unspecified atom stereocenters. The number of anilines is 3. The van der Waals surface area contributed by atoms with Crippen LogP contribution in [-0.4, -0.2) is 10.9 Å². The van der Waals surface area contributed by atoms with Crippen molar-refractivity contribution in [2.24, 2.45) is 0 Å². The zero-order valence-electron chi connectivity index (χ0n) is 18.0. The number of pyridine rings is 1. The van der Waals surface area contributed by atoms with Crippen LogP contribution < -0.4 is 10.2 Å². The number of amides is 1. The highest BCUT2D eigenvalue weighted by atomic mass is 16.2. The van der Waals surface area contributed by atoms with Gasteiger partial charge in [0.25, 0.3) is 0 Å². The number of para-hydroxylation sites is 1. The summed E-state index contributed by atoms with van der Waals surface area (Å²) in [6.07, 6.45) is 0.715. The van der Waals surface area contributed by atoms with E-state index in [0.717, 1.165) is 34.0 Å². The van der Waals surface area contributed by atoms with Crippen LogP contribution in [0.15, 0.2) is 97.1 Å². The lowest BCUT2D eigenvalue weighted by atomic mass is 9.91. The molecule has 3 aromatic carbocycles. The molecule has 0 saturated heterocycles. The quantitative estimate of drug-likeness (QED) is 0.400. The number of hydrogen-bond donors (Lipinski definition) is 1. The van der Waals surface area contributed by atoms with Crippen molar-refractivity contribution in [1.29, 1.82) is 0 Å². The molecular formula is C28H25N3O. The van der Waals surface area contributed by atoms with Gasteiger partial charge in [0.1, 0.15) is 5.82 Å². The van der Waals surface area contributed by atoms with E-state index in [1.807, 2.05) is 78.6 Å². The first-order valence-electron chi connectivity index (χ1n) is 11.0. The summed E-state index contributed by atoms with van der Waals surface area (Å²) in [6.45, 7) is 2.58. The standard InChI is InChI=1S/C28H25N3O/c1-2-25-27-22(15-18-26(30-27)29-23-11-7-4-8-12-23)19-31(28(25)32)24-16-13-21(14-17-24)20-9-5-3-6-10-20/h3-18,25H,2,19H2,1H3,(H,29,30). The number of aromatic nitrogens is 1. The Bertz CT molecular complexity index is 1220. The van der Waals surface area contributed by atoms with Gasteiger partial charge in [-0.3, -0.25) is 4.79 Å². The number of nitrogens with one attached hydrogen (secondary N) is 1. The zero-order valence-corrected chi connectivity index (χ0v) is 18.0. The molecule has 1 aliphatic heterocycles. The fraction of sp³-hybridized carbons (Fsp3) is 0.143. The lowest BCUT2D eigenvalue weighted by Gasteiger charge is -2.33. The number of carbonyl (C=O) groups excluding carboxylic acids is 1. The second kappa shape index (κ2) is 8.67. The highest BCUT2D eigenvalue weighted by molar-refractivity contribution is 5.99. The Balaban J connectivity index is 1.42. The summed E-state index contributed by atoms with van der Waals surface area (Å²) in [6, 6.07) is 32.6. The van der Waals surface area contributed by atoms with Crippen LogP contribution in [0.3, 0.4) is 0 Å². The van der Waals surface area contributed by atoms with Crippen LogP contribution in [0.1, 0.15) is 30.5 Å². The summed E-state index contributed by atoms with van der Waals surface area (Å²) in [4.78, 5) is 20.1. The van der Waals surface area contributed by atoms with Gasteiger partial charge in [0.05, 0.1) is 18.2 Å². The van der Waals surface area contributed by atoms with E-state index >= 15 is 0 Å². The van der Waals surface area contributed by atoms with Gasteiger partial charge in [-0.15, -0.1) is 0 Å². The third kappa shape index (κ3) is 3.87. The highest BCUT2D eigenvalue weighted by Crippen LogP contribution is 2.35. The van der Waals surface area contributed by atoms with E-state index in [0.29, 0.717) is 13.0 Å². The van der Waals surface area contributed by atoms with Gasteiger partial charge in [0.2, 0.25) is 5.91 Å². The molecule has 1 amide bonds. The Kier molecular flexibility index (Phi) is 5.42. The first-order valence-corrected chi connectivity index (χ1v) is 11.0. The van der Waals surface area contributed by atoms with Gasteiger partial charge < -0.3 is 10.2 Å². The molecule has 0 radical (unpaired) electrons. The molecule has 0 spiro atoms. The average molecular weight is 420 g/mol. The Morgan fingerprint density at radius 1 is 0.844 bits per heavy atom. The zero-order chi connectivity index (χ0) is 21.9. The maximum Gasteiger partial charge on any atom is 0.236 e. The second-order valence-corrected chi connectivity index (χ2v) is 8.03. The molecule has 1 aliphatic rings. The molecule has 4 heteroatoms. The smallest absolute Gasteiger partial charge is 0.236 e. The normalized spacial score (nSPS) is 15.3. The monoisotopic (exact) mass is 419 g/mol. The van der Waals surface area contributed by atoms with E-state index in [-0.39, 0.29) is 11.8 Å². The number of rotatable bonds is 5. The molecule has 32 heavy (non-hydrogen) atoms. The molecule has 4 aromatic rings. The lowest BCUT2D eigenvalue weighted by molar-refractivity contribution is -0.120. The van der Waals surface area contributed by atoms with Crippen LogP contribution in [0.5, 0.6) is 0 Å². The van der Waals surface area contributed by atoms with Crippen LogP contribution in [0, 0.1) is 0 Å². The van der Waals surface area contributed by atoms with Gasteiger partial charge in [0.15, 0.2) is 0 Å². The first kappa shape index (κ1) is 20.0. The van der Waals surface area contributed by atoms with Crippen molar-refractivity contribution in [3.8, 4) is 11.1 Å². The summed E-state index contributed by atoms with van der Waals surface area (Å²) < 4.78 is 0. The summed E-state index contributed by atoms with van der Waals surface area (Å²) in [5.41, 5.74) is 6.20. The average Bonchev–Trinajstić information content (AvgIpc) is 2.85. The third-order valence-corrected chi connectivity index (χ3v) is 5.98. The third-order valence-electron chi connectivity index (χ3n) is 5.98. The fourth-order valence-electron chi connectivity index (χ4n) is 4.28. The van der Waals surface area contributed by atoms with E-state index < -0.39 is 0 Å². The highest BCUT2D eigenvalue weighted by Gasteiger charge is 2.34. The van der Waals surface area contributed by atoms with Crippen molar-refractivity contribution in [3.63, 3.8) is 0 Å². The Morgan fingerprint density at radius 3 is 2.19 bits per heavy atom. The minimum Gasteiger partial charge on any atom is -0.340 e. The van der Waals surface area contributed by atoms with Crippen molar-refractivity contribution in [2.45, 2.75) is 25.8 Å². The van der Waals surface area contributed by atoms with E-state index in [9.17, 15) is 4.79 Å². The molecule has 1 atom stereocenters. The van der Waals surface area contributed by atoms with Gasteiger partial charge in [-0.05, 0) is 53.4 Å². The minimum atomic E-state index is -0.245. The van der Waals surface area contributed by atoms with Gasteiger partial charge in [-0.1, -0.05) is 73.7 Å². The van der Waals surface area contributed by atoms with Crippen LogP contribution in [0.25, 0.3) is 11.1 Å². The van der Waals surface area contributed by atoms with E-state index in [1.165, 1.54) is 5.56 Å². The van der Waals surface area contributed by atoms with E-state index in [2.05, 4.69) is 35.6 Å². The second-order valence-electron chi connectivity index (χ2n) is 8.03. The molecular weight excluding hydrogens is 394 g/mol. The number of benzene rings is 3. The molecule has 2 heterocycles. The molecule has 1 N–H and O–H groups in total. The first-order chi connectivity index (χ1) is 15.7. The topological polar surface area (TPSA) is 45.2 Å². The lowest BCUT2D eigenvalue weighted by Crippen LogP contribution is -2.39. The summed E-state index contributed by atoms with van der Waals surface area (Å²) in [7, 11) is 0. The Morgan fingerprint density at radius 2 is 1.50 bits per heavy atom. The maximum atomic E-state index is 13.4. The fourth-order valence-corrected chi connectivity index (χ4v) is 4.28. The molecule has 0 aliphatic carbocycles. The van der Waals surface area contributed by atoms with Crippen molar-refractivity contribution >= 4 is 23.1 Å². The van der Waals surface area contributed by atoms with Crippen LogP contribution >= 0.6 is 0 Å². The molecule has 5 rings (SSSR count). The predicted octanol–water partition coefficient (Wildman–Crippen LogP) is 6.53. The maximum absolute atomic E-state index is 13.4. The summed E-state index contributed by atoms with van der Waals surface area (Å²) in [5, 5.41) is 3.34. The molecule has 158 valence electrons. The minimum absolute atomic E-state index is 0.108. The predicted molar refractivity (Wildman–Crippen MR) is 130 cm³/mol. The number of fused-ring (bicyclic) bond motifs is 1. The van der Waals surface area contributed by atoms with Crippen LogP contribution in [-0.2, 0) is 11.3 Å². The number of hydrogen-bond acceptors (Lipinski definition) is 3. The van der Waals surface area contributed by atoms with Crippen molar-refractivity contribution in [3.05, 3.63) is 108 Å². The van der Waals surface area contributed by atoms with Crippen molar-refractivity contribution < 1.29 is 4.79 Å². The molecule has 4 nitrogen and oxygen atoms in total. The summed E-state index contributed by atoms with van der Waals surface area (Å²) >= 11 is 0. The molecule has 0 fully saturated rings. The van der Waals surface area contributed by atoms with E-state index in [1.54, 1.807) is 0 Å². The number of carbonyl (C=O) groups is 1. The summed E-state index contributed by atoms with van der Waals surface area (Å²) in [5.74, 6) is 0.628. The van der Waals surface area contributed by atoms with E-state index in [4.69, 9.17) is 4.98 Å². The largest absolute Gasteiger partial charge is 0.340 e. The molecule has 0 saturated carbocycles. The SMILES string of the molecule is CCC1C(=O)N(c2ccc(-c3ccccc3)cc2)Cc2ccc(Nc3ccccc3)nc21. The van der Waals surface area contributed by atoms with Crippen LogP contribution in [0.4, 0.5) is 17.2 Å². The van der Waals surface area contributed by atoms with Gasteiger partial charge in [-0.2, -0.15) is 0 Å². The van der Waals surface area contributed by atoms with Crippen molar-refractivity contribution in [2.75, 3.05) is 10.2 Å². The van der Waals surface area contributed by atoms with Gasteiger partial charge in [-0.25, -0.2) is 4.98 Å².